The van der Waals surface area contributed by atoms with Crippen LogP contribution in [0.4, 0.5) is 17.6 Å². The van der Waals surface area contributed by atoms with Gasteiger partial charge in [0.05, 0.1) is 11.1 Å². The summed E-state index contributed by atoms with van der Waals surface area (Å²) in [6.07, 6.45) is -4.79. The SMILES string of the molecule is O=C(OCc1ccc(F)cc1)c1cc2c(C(F)(F)F)cc(-c3ccc(Cl)cc3Cl)cc2n1O. The summed E-state index contributed by atoms with van der Waals surface area (Å²) in [5, 5.41) is 10.5. The van der Waals surface area contributed by atoms with Crippen molar-refractivity contribution in [3.05, 3.63) is 93.3 Å². The molecule has 4 aromatic rings. The normalized spacial score (nSPS) is 11.7. The summed E-state index contributed by atoms with van der Waals surface area (Å²) < 4.78 is 59.9. The maximum Gasteiger partial charge on any atom is 0.417 e. The summed E-state index contributed by atoms with van der Waals surface area (Å²) >= 11 is 12.0. The molecule has 10 heteroatoms. The number of halogens is 6. The Hall–Kier alpha value is -3.23. The Bertz CT molecular complexity index is 1370. The summed E-state index contributed by atoms with van der Waals surface area (Å²) in [4.78, 5) is 12.5. The van der Waals surface area contributed by atoms with E-state index in [-0.39, 0.29) is 28.3 Å². The Morgan fingerprint density at radius 2 is 1.70 bits per heavy atom. The molecular weight excluding hydrogens is 485 g/mol. The molecular formula is C23H13Cl2F4NO3. The average Bonchev–Trinajstić information content (AvgIpc) is 3.08. The Balaban J connectivity index is 1.77. The minimum atomic E-state index is -4.79. The number of rotatable bonds is 4. The van der Waals surface area contributed by atoms with Crippen LogP contribution in [0.5, 0.6) is 0 Å². The molecule has 0 amide bonds. The van der Waals surface area contributed by atoms with Gasteiger partial charge in [0.1, 0.15) is 12.4 Å². The number of fused-ring (bicyclic) bond motifs is 1. The number of hydrogen-bond donors (Lipinski definition) is 1. The van der Waals surface area contributed by atoms with Crippen molar-refractivity contribution in [3.8, 4) is 11.1 Å². The van der Waals surface area contributed by atoms with E-state index in [0.29, 0.717) is 15.3 Å². The number of ether oxygens (including phenoxy) is 1. The van der Waals surface area contributed by atoms with E-state index in [2.05, 4.69) is 0 Å². The Kier molecular flexibility index (Phi) is 5.99. The van der Waals surface area contributed by atoms with Gasteiger partial charge < -0.3 is 9.94 Å². The number of benzene rings is 3. The molecule has 0 saturated carbocycles. The quantitative estimate of drug-likeness (QED) is 0.182. The second-order valence-corrected chi connectivity index (χ2v) is 7.97. The number of aromatic nitrogens is 1. The molecule has 0 aliphatic carbocycles. The Morgan fingerprint density at radius 3 is 2.33 bits per heavy atom. The molecule has 4 rings (SSSR count). The number of esters is 1. The molecule has 0 bridgehead atoms. The predicted molar refractivity (Wildman–Crippen MR) is 115 cm³/mol. The van der Waals surface area contributed by atoms with Crippen LogP contribution in [0.1, 0.15) is 21.6 Å². The molecule has 1 heterocycles. The maximum absolute atomic E-state index is 13.8. The number of hydrogen-bond acceptors (Lipinski definition) is 3. The fraction of sp³-hybridized carbons (Fsp3) is 0.0870. The molecule has 0 saturated heterocycles. The molecule has 33 heavy (non-hydrogen) atoms. The summed E-state index contributed by atoms with van der Waals surface area (Å²) in [6, 6.07) is 12.5. The lowest BCUT2D eigenvalue weighted by Gasteiger charge is -2.12. The lowest BCUT2D eigenvalue weighted by Crippen LogP contribution is -2.10. The maximum atomic E-state index is 13.8. The van der Waals surface area contributed by atoms with Crippen molar-refractivity contribution in [2.75, 3.05) is 0 Å². The summed E-state index contributed by atoms with van der Waals surface area (Å²) in [6.45, 7) is -0.265. The lowest BCUT2D eigenvalue weighted by molar-refractivity contribution is -0.136. The third kappa shape index (κ3) is 4.62. The van der Waals surface area contributed by atoms with Crippen molar-refractivity contribution in [2.45, 2.75) is 12.8 Å². The molecule has 3 aromatic carbocycles. The number of alkyl halides is 3. The van der Waals surface area contributed by atoms with Crippen molar-refractivity contribution in [3.63, 3.8) is 0 Å². The van der Waals surface area contributed by atoms with Crippen LogP contribution in [-0.4, -0.2) is 15.9 Å². The highest BCUT2D eigenvalue weighted by Crippen LogP contribution is 2.41. The van der Waals surface area contributed by atoms with Crippen LogP contribution >= 0.6 is 23.2 Å². The van der Waals surface area contributed by atoms with E-state index in [4.69, 9.17) is 27.9 Å². The molecule has 0 atom stereocenters. The molecule has 0 radical (unpaired) electrons. The zero-order valence-corrected chi connectivity index (χ0v) is 18.0. The van der Waals surface area contributed by atoms with E-state index >= 15 is 0 Å². The smallest absolute Gasteiger partial charge is 0.417 e. The predicted octanol–water partition coefficient (Wildman–Crippen LogP) is 7.37. The van der Waals surface area contributed by atoms with Gasteiger partial charge in [0.2, 0.25) is 0 Å². The van der Waals surface area contributed by atoms with Crippen LogP contribution in [-0.2, 0) is 17.5 Å². The summed E-state index contributed by atoms with van der Waals surface area (Å²) in [7, 11) is 0. The van der Waals surface area contributed by atoms with E-state index < -0.39 is 34.6 Å². The van der Waals surface area contributed by atoms with Gasteiger partial charge in [-0.15, -0.1) is 0 Å². The molecule has 4 nitrogen and oxygen atoms in total. The van der Waals surface area contributed by atoms with E-state index in [1.807, 2.05) is 0 Å². The lowest BCUT2D eigenvalue weighted by atomic mass is 9.99. The monoisotopic (exact) mass is 497 g/mol. The zero-order chi connectivity index (χ0) is 23.9. The first-order valence-corrected chi connectivity index (χ1v) is 10.1. The van der Waals surface area contributed by atoms with Crippen molar-refractivity contribution in [1.29, 1.82) is 0 Å². The van der Waals surface area contributed by atoms with Gasteiger partial charge in [0.25, 0.3) is 0 Å². The molecule has 0 unspecified atom stereocenters. The van der Waals surface area contributed by atoms with Gasteiger partial charge in [-0.3, -0.25) is 0 Å². The fourth-order valence-electron chi connectivity index (χ4n) is 3.35. The van der Waals surface area contributed by atoms with Gasteiger partial charge in [-0.2, -0.15) is 17.9 Å². The van der Waals surface area contributed by atoms with Crippen LogP contribution < -0.4 is 0 Å². The number of nitrogens with zero attached hydrogens (tertiary/aromatic N) is 1. The topological polar surface area (TPSA) is 51.5 Å². The van der Waals surface area contributed by atoms with Gasteiger partial charge in [0.15, 0.2) is 5.69 Å². The largest absolute Gasteiger partial charge is 0.456 e. The Labute approximate surface area is 194 Å². The highest BCUT2D eigenvalue weighted by molar-refractivity contribution is 6.36. The second-order valence-electron chi connectivity index (χ2n) is 7.12. The standard InChI is InChI=1S/C23H13Cl2F4NO3/c24-14-3-6-16(19(25)9-14)13-7-18(23(27,28)29)17-10-21(30(32)20(17)8-13)22(31)33-11-12-1-4-15(26)5-2-12/h1-10,32H,11H2. The molecule has 0 aliphatic rings. The summed E-state index contributed by atoms with van der Waals surface area (Å²) in [5.74, 6) is -1.53. The fourth-order valence-corrected chi connectivity index (χ4v) is 3.87. The van der Waals surface area contributed by atoms with Crippen molar-refractivity contribution >= 4 is 40.1 Å². The van der Waals surface area contributed by atoms with Crippen LogP contribution in [0.15, 0.2) is 60.7 Å². The van der Waals surface area contributed by atoms with Crippen LogP contribution in [0, 0.1) is 5.82 Å². The second kappa shape index (κ2) is 8.61. The highest BCUT2D eigenvalue weighted by Gasteiger charge is 2.35. The number of carbonyl (C=O) groups excluding carboxylic acids is 1. The minimum Gasteiger partial charge on any atom is -0.456 e. The first-order chi connectivity index (χ1) is 15.5. The molecule has 0 spiro atoms. The van der Waals surface area contributed by atoms with Gasteiger partial charge >= 0.3 is 12.1 Å². The third-order valence-electron chi connectivity index (χ3n) is 4.94. The zero-order valence-electron chi connectivity index (χ0n) is 16.5. The van der Waals surface area contributed by atoms with E-state index in [9.17, 15) is 27.6 Å². The first kappa shape index (κ1) is 22.9. The van der Waals surface area contributed by atoms with Crippen molar-refractivity contribution < 1.29 is 32.3 Å². The van der Waals surface area contributed by atoms with Crippen LogP contribution in [0.3, 0.4) is 0 Å². The highest BCUT2D eigenvalue weighted by atomic mass is 35.5. The average molecular weight is 498 g/mol. The molecule has 0 fully saturated rings. The van der Waals surface area contributed by atoms with Crippen molar-refractivity contribution in [2.24, 2.45) is 0 Å². The Morgan fingerprint density at radius 1 is 1.00 bits per heavy atom. The van der Waals surface area contributed by atoms with Gasteiger partial charge in [-0.1, -0.05) is 41.4 Å². The van der Waals surface area contributed by atoms with Gasteiger partial charge in [0, 0.05) is 21.0 Å². The molecule has 170 valence electrons. The third-order valence-corrected chi connectivity index (χ3v) is 5.48. The molecule has 0 aliphatic heterocycles. The molecule has 1 aromatic heterocycles. The van der Waals surface area contributed by atoms with E-state index in [0.717, 1.165) is 12.1 Å². The van der Waals surface area contributed by atoms with E-state index in [1.54, 1.807) is 0 Å². The molecule has 1 N–H and O–H groups in total. The first-order valence-electron chi connectivity index (χ1n) is 9.37. The van der Waals surface area contributed by atoms with Crippen LogP contribution in [0.2, 0.25) is 10.0 Å². The minimum absolute atomic E-state index is 0.0659. The van der Waals surface area contributed by atoms with E-state index in [1.165, 1.54) is 48.5 Å². The van der Waals surface area contributed by atoms with Gasteiger partial charge in [-0.05, 0) is 53.6 Å². The number of carbonyl (C=O) groups is 1. The van der Waals surface area contributed by atoms with Crippen molar-refractivity contribution in [1.82, 2.24) is 4.73 Å². The van der Waals surface area contributed by atoms with Crippen LogP contribution in [0.25, 0.3) is 22.0 Å². The van der Waals surface area contributed by atoms with Gasteiger partial charge in [-0.25, -0.2) is 9.18 Å². The summed E-state index contributed by atoms with van der Waals surface area (Å²) in [5.41, 5.74) is -1.05.